The van der Waals surface area contributed by atoms with E-state index >= 15 is 0 Å². The standard InChI is InChI=1S/C24H37IN5O17P3/c25-13-21(34)28-11-5-8-20(33)26-9-3-1-2-7-19(32)27-10-4-6-16-14-30(24(36)29-23(16)35)22-12-17(31)18(45-22)15-44-49(40,41)47-50(42,43)46-48(37,38)39/h14,17-18,22,31H,1-3,5,7-13,15H2,(H,26,33)(H,27,32)(H,28,34)(H,40,41)(H,42,43)(H,29,35,36)(H2,37,38,39)/t17?,18-,22-/m1/s1. The summed E-state index contributed by atoms with van der Waals surface area (Å²) in [7, 11) is -16.9. The molecule has 0 aromatic carbocycles. The van der Waals surface area contributed by atoms with E-state index in [1.54, 1.807) is 0 Å². The van der Waals surface area contributed by atoms with Gasteiger partial charge in [0.05, 0.1) is 23.7 Å². The van der Waals surface area contributed by atoms with Crippen LogP contribution >= 0.6 is 46.1 Å². The lowest BCUT2D eigenvalue weighted by molar-refractivity contribution is -0.122. The normalized spacial score (nSPS) is 19.8. The highest BCUT2D eigenvalue weighted by Gasteiger charge is 2.43. The number of carbonyl (C=O) groups is 3. The summed E-state index contributed by atoms with van der Waals surface area (Å²) in [4.78, 5) is 97.8. The molecule has 1 aliphatic heterocycles. The second-order valence-electron chi connectivity index (χ2n) is 10.4. The number of rotatable bonds is 20. The molecular formula is C24H37IN5O17P3. The Morgan fingerprint density at radius 1 is 0.940 bits per heavy atom. The fourth-order valence-corrected chi connectivity index (χ4v) is 7.39. The molecular weight excluding hydrogens is 850 g/mol. The van der Waals surface area contributed by atoms with Crippen LogP contribution in [0.15, 0.2) is 15.8 Å². The van der Waals surface area contributed by atoms with Gasteiger partial charge in [-0.05, 0) is 19.3 Å². The Hall–Kier alpha value is -2.29. The van der Waals surface area contributed by atoms with Crippen molar-refractivity contribution in [3.05, 3.63) is 32.6 Å². The maximum atomic E-state index is 12.4. The number of carbonyl (C=O) groups excluding carboxylic acids is 3. The van der Waals surface area contributed by atoms with Crippen LogP contribution in [0.5, 0.6) is 0 Å². The van der Waals surface area contributed by atoms with E-state index in [4.69, 9.17) is 14.5 Å². The molecule has 9 N–H and O–H groups in total. The van der Waals surface area contributed by atoms with Gasteiger partial charge in [0.1, 0.15) is 17.9 Å². The zero-order valence-corrected chi connectivity index (χ0v) is 30.9. The fourth-order valence-electron chi connectivity index (χ4n) is 4.09. The number of aromatic nitrogens is 2. The summed E-state index contributed by atoms with van der Waals surface area (Å²) in [6.07, 6.45) is -0.466. The molecule has 282 valence electrons. The second-order valence-corrected chi connectivity index (χ2v) is 15.5. The minimum absolute atomic E-state index is 0.0824. The van der Waals surface area contributed by atoms with Crippen molar-refractivity contribution in [2.24, 2.45) is 0 Å². The number of aliphatic hydroxyl groups excluding tert-OH is 1. The molecule has 1 fully saturated rings. The number of hydrogen-bond acceptors (Lipinski definition) is 13. The van der Waals surface area contributed by atoms with Gasteiger partial charge < -0.3 is 45.4 Å². The molecule has 0 aliphatic carbocycles. The summed E-state index contributed by atoms with van der Waals surface area (Å²) >= 11 is 1.95. The molecule has 0 spiro atoms. The molecule has 0 saturated carbocycles. The first-order valence-electron chi connectivity index (χ1n) is 14.6. The van der Waals surface area contributed by atoms with Gasteiger partial charge in [-0.2, -0.15) is 8.62 Å². The SMILES string of the molecule is O=C(CI)NCCCC(=O)NCCCCCC(=O)NCC#Cc1cn([C@H]2CC(O)[C@@H](COP(=O)(O)OP(=O)(O)OP(=O)(O)O)O2)c(=O)[nH]c1=O. The molecule has 0 bridgehead atoms. The number of hydrogen-bond donors (Lipinski definition) is 9. The predicted octanol–water partition coefficient (Wildman–Crippen LogP) is -0.996. The quantitative estimate of drug-likeness (QED) is 0.0249. The highest BCUT2D eigenvalue weighted by atomic mass is 127. The molecule has 2 rings (SSSR count). The first-order valence-corrected chi connectivity index (χ1v) is 20.7. The molecule has 5 atom stereocenters. The van der Waals surface area contributed by atoms with Crippen LogP contribution in [0.2, 0.25) is 0 Å². The zero-order chi connectivity index (χ0) is 37.5. The van der Waals surface area contributed by atoms with Gasteiger partial charge in [-0.1, -0.05) is 40.9 Å². The number of halogens is 1. The largest absolute Gasteiger partial charge is 0.490 e. The van der Waals surface area contributed by atoms with E-state index in [1.807, 2.05) is 27.6 Å². The summed E-state index contributed by atoms with van der Waals surface area (Å²) in [5, 5.41) is 18.3. The van der Waals surface area contributed by atoms with E-state index in [1.165, 1.54) is 0 Å². The minimum atomic E-state index is -5.76. The van der Waals surface area contributed by atoms with Crippen LogP contribution in [0, 0.1) is 11.8 Å². The Morgan fingerprint density at radius 3 is 2.26 bits per heavy atom. The number of alkyl halides is 1. The van der Waals surface area contributed by atoms with Crippen LogP contribution in [-0.4, -0.2) is 94.8 Å². The lowest BCUT2D eigenvalue weighted by Gasteiger charge is -2.19. The number of nitrogens with zero attached hydrogens (tertiary/aromatic N) is 1. The van der Waals surface area contributed by atoms with E-state index in [9.17, 15) is 52.6 Å². The number of ether oxygens (including phenoxy) is 1. The Labute approximate surface area is 297 Å². The van der Waals surface area contributed by atoms with Crippen molar-refractivity contribution in [3.8, 4) is 11.8 Å². The Morgan fingerprint density at radius 2 is 1.58 bits per heavy atom. The average Bonchev–Trinajstić information content (AvgIpc) is 3.36. The van der Waals surface area contributed by atoms with Crippen LogP contribution in [0.3, 0.4) is 0 Å². The van der Waals surface area contributed by atoms with Crippen LogP contribution in [0.1, 0.15) is 56.7 Å². The Balaban J connectivity index is 1.79. The topological polar surface area (TPSA) is 331 Å². The van der Waals surface area contributed by atoms with Gasteiger partial charge in [-0.15, -0.1) is 0 Å². The second kappa shape index (κ2) is 20.7. The van der Waals surface area contributed by atoms with Gasteiger partial charge in [0.15, 0.2) is 0 Å². The van der Waals surface area contributed by atoms with Crippen molar-refractivity contribution in [2.75, 3.05) is 30.7 Å². The molecule has 0 radical (unpaired) electrons. The first kappa shape index (κ1) is 43.9. The molecule has 2 heterocycles. The van der Waals surface area contributed by atoms with Gasteiger partial charge >= 0.3 is 29.2 Å². The lowest BCUT2D eigenvalue weighted by Crippen LogP contribution is -2.33. The number of unbranched alkanes of at least 4 members (excludes halogenated alkanes) is 2. The van der Waals surface area contributed by atoms with E-state index in [-0.39, 0.29) is 42.7 Å². The van der Waals surface area contributed by atoms with Crippen LogP contribution in [-0.2, 0) is 46.0 Å². The molecule has 3 unspecified atom stereocenters. The summed E-state index contributed by atoms with van der Waals surface area (Å²) in [6, 6.07) is 0. The third-order valence-electron chi connectivity index (χ3n) is 6.32. The number of H-pyrrole nitrogens is 1. The van der Waals surface area contributed by atoms with Crippen molar-refractivity contribution in [3.63, 3.8) is 0 Å². The Bertz CT molecular complexity index is 1670. The van der Waals surface area contributed by atoms with E-state index < -0.39 is 59.8 Å². The molecule has 1 saturated heterocycles. The molecule has 1 aromatic rings. The maximum Gasteiger partial charge on any atom is 0.490 e. The summed E-state index contributed by atoms with van der Waals surface area (Å²) in [6.45, 7) is -0.214. The smallest absolute Gasteiger partial charge is 0.390 e. The van der Waals surface area contributed by atoms with Crippen molar-refractivity contribution in [1.82, 2.24) is 25.5 Å². The fraction of sp³-hybridized carbons (Fsp3) is 0.625. The third-order valence-corrected chi connectivity index (χ3v) is 10.8. The molecule has 50 heavy (non-hydrogen) atoms. The molecule has 3 amide bonds. The van der Waals surface area contributed by atoms with Crippen LogP contribution in [0.25, 0.3) is 0 Å². The summed E-state index contributed by atoms with van der Waals surface area (Å²) in [5.41, 5.74) is -2.03. The molecule has 1 aromatic heterocycles. The monoisotopic (exact) mass is 887 g/mol. The van der Waals surface area contributed by atoms with E-state index in [2.05, 4.69) is 40.9 Å². The third kappa shape index (κ3) is 17.3. The van der Waals surface area contributed by atoms with Crippen molar-refractivity contribution in [2.45, 2.75) is 63.4 Å². The van der Waals surface area contributed by atoms with Gasteiger partial charge in [0, 0.05) is 38.5 Å². The summed E-state index contributed by atoms with van der Waals surface area (Å²) < 4.78 is 52.5. The zero-order valence-electron chi connectivity index (χ0n) is 26.1. The highest BCUT2D eigenvalue weighted by Crippen LogP contribution is 2.66. The van der Waals surface area contributed by atoms with Crippen molar-refractivity contribution in [1.29, 1.82) is 0 Å². The summed E-state index contributed by atoms with van der Waals surface area (Å²) in [5.74, 6) is 4.58. The van der Waals surface area contributed by atoms with E-state index in [0.717, 1.165) is 10.8 Å². The average molecular weight is 887 g/mol. The van der Waals surface area contributed by atoms with Crippen molar-refractivity contribution >= 4 is 63.8 Å². The van der Waals surface area contributed by atoms with Gasteiger partial charge in [0.25, 0.3) is 5.56 Å². The first-order chi connectivity index (χ1) is 23.3. The van der Waals surface area contributed by atoms with Crippen molar-refractivity contribution < 1.29 is 70.6 Å². The highest BCUT2D eigenvalue weighted by molar-refractivity contribution is 14.1. The minimum Gasteiger partial charge on any atom is -0.390 e. The predicted molar refractivity (Wildman–Crippen MR) is 178 cm³/mol. The van der Waals surface area contributed by atoms with Gasteiger partial charge in [-0.3, -0.25) is 33.3 Å². The van der Waals surface area contributed by atoms with Gasteiger partial charge in [-0.25, -0.2) is 18.5 Å². The molecule has 22 nitrogen and oxygen atoms in total. The number of aromatic amines is 1. The number of aliphatic hydroxyl groups is 1. The molecule has 26 heteroatoms. The van der Waals surface area contributed by atoms with E-state index in [0.29, 0.717) is 49.6 Å². The van der Waals surface area contributed by atoms with Crippen LogP contribution < -0.4 is 27.2 Å². The number of phosphoric ester groups is 1. The Kier molecular flexibility index (Phi) is 18.1. The van der Waals surface area contributed by atoms with Crippen LogP contribution in [0.4, 0.5) is 0 Å². The maximum absolute atomic E-state index is 12.4. The number of amides is 3. The number of nitrogens with one attached hydrogen (secondary N) is 4. The van der Waals surface area contributed by atoms with Gasteiger partial charge in [0.2, 0.25) is 17.7 Å². The molecule has 1 aliphatic rings. The number of phosphoric acid groups is 3. The lowest BCUT2D eigenvalue weighted by atomic mass is 10.2.